The van der Waals surface area contributed by atoms with Crippen molar-refractivity contribution in [3.05, 3.63) is 65.5 Å². The number of fused-ring (bicyclic) bond motifs is 2. The molecule has 4 rings (SSSR count). The van der Waals surface area contributed by atoms with Crippen molar-refractivity contribution in [1.29, 1.82) is 0 Å². The van der Waals surface area contributed by atoms with Crippen molar-refractivity contribution >= 4 is 5.91 Å². The Labute approximate surface area is 165 Å². The van der Waals surface area contributed by atoms with Gasteiger partial charge in [-0.1, -0.05) is 30.7 Å². The highest BCUT2D eigenvalue weighted by Crippen LogP contribution is 2.35. The average molecular weight is 382 g/mol. The molecule has 2 aliphatic rings. The second kappa shape index (κ2) is 8.31. The third kappa shape index (κ3) is 4.04. The molecular weight excluding hydrogens is 355 g/mol. The van der Waals surface area contributed by atoms with Crippen molar-refractivity contribution in [3.63, 3.8) is 0 Å². The van der Waals surface area contributed by atoms with Crippen LogP contribution in [0.1, 0.15) is 48.0 Å². The van der Waals surface area contributed by atoms with Crippen molar-refractivity contribution < 1.29 is 13.9 Å². The monoisotopic (exact) mass is 382 g/mol. The lowest BCUT2D eigenvalue weighted by Crippen LogP contribution is -2.56. The zero-order valence-corrected chi connectivity index (χ0v) is 16.2. The summed E-state index contributed by atoms with van der Waals surface area (Å²) in [5.41, 5.74) is 1.42. The van der Waals surface area contributed by atoms with E-state index in [0.717, 1.165) is 38.0 Å². The first-order valence-electron chi connectivity index (χ1n) is 10.1. The number of benzene rings is 2. The molecule has 1 unspecified atom stereocenters. The number of amides is 1. The Bertz CT molecular complexity index is 810. The van der Waals surface area contributed by atoms with Gasteiger partial charge in [-0.15, -0.1) is 0 Å². The first-order valence-corrected chi connectivity index (χ1v) is 10.1. The van der Waals surface area contributed by atoms with Crippen LogP contribution in [0.4, 0.5) is 4.39 Å². The molecule has 1 N–H and O–H groups in total. The Balaban J connectivity index is 1.41. The SMILES string of the molecule is COc1ccc(CN2[C@@H]3CCC[C@H]2CC(NC(=O)c2ccccc2F)C3)cc1. The molecule has 1 amide bonds. The lowest BCUT2D eigenvalue weighted by molar-refractivity contribution is 0.0176. The molecule has 2 fully saturated rings. The number of rotatable bonds is 5. The molecule has 0 aromatic heterocycles. The molecule has 0 spiro atoms. The molecule has 28 heavy (non-hydrogen) atoms. The molecule has 2 heterocycles. The average Bonchev–Trinajstić information content (AvgIpc) is 2.69. The minimum Gasteiger partial charge on any atom is -0.497 e. The van der Waals surface area contributed by atoms with Crippen molar-refractivity contribution in [2.24, 2.45) is 0 Å². The van der Waals surface area contributed by atoms with Gasteiger partial charge in [0, 0.05) is 24.7 Å². The molecule has 148 valence electrons. The Morgan fingerprint density at radius 1 is 1.11 bits per heavy atom. The molecule has 5 heteroatoms. The number of hydrogen-bond acceptors (Lipinski definition) is 3. The van der Waals surface area contributed by atoms with Crippen LogP contribution in [0.25, 0.3) is 0 Å². The van der Waals surface area contributed by atoms with Gasteiger partial charge in [0.05, 0.1) is 12.7 Å². The summed E-state index contributed by atoms with van der Waals surface area (Å²) in [6.07, 6.45) is 5.39. The van der Waals surface area contributed by atoms with E-state index in [2.05, 4.69) is 22.3 Å². The molecule has 0 aliphatic carbocycles. The van der Waals surface area contributed by atoms with E-state index in [-0.39, 0.29) is 17.5 Å². The molecule has 2 saturated heterocycles. The maximum absolute atomic E-state index is 13.9. The Hall–Kier alpha value is -2.40. The number of methoxy groups -OCH3 is 1. The van der Waals surface area contributed by atoms with E-state index in [9.17, 15) is 9.18 Å². The molecule has 2 aromatic rings. The maximum Gasteiger partial charge on any atom is 0.254 e. The zero-order chi connectivity index (χ0) is 19.5. The van der Waals surface area contributed by atoms with Gasteiger partial charge in [0.15, 0.2) is 0 Å². The van der Waals surface area contributed by atoms with Crippen LogP contribution in [-0.4, -0.2) is 36.0 Å². The topological polar surface area (TPSA) is 41.6 Å². The number of nitrogens with one attached hydrogen (secondary N) is 1. The molecule has 0 saturated carbocycles. The van der Waals surface area contributed by atoms with Gasteiger partial charge in [-0.05, 0) is 55.5 Å². The lowest BCUT2D eigenvalue weighted by atomic mass is 9.81. The van der Waals surface area contributed by atoms with E-state index >= 15 is 0 Å². The van der Waals surface area contributed by atoms with Crippen LogP contribution in [0.2, 0.25) is 0 Å². The van der Waals surface area contributed by atoms with Crippen LogP contribution < -0.4 is 10.1 Å². The highest BCUT2D eigenvalue weighted by atomic mass is 19.1. The molecule has 2 aromatic carbocycles. The highest BCUT2D eigenvalue weighted by Gasteiger charge is 2.38. The lowest BCUT2D eigenvalue weighted by Gasteiger charge is -2.49. The van der Waals surface area contributed by atoms with E-state index in [4.69, 9.17) is 4.74 Å². The second-order valence-corrected chi connectivity index (χ2v) is 7.88. The number of carbonyl (C=O) groups excluding carboxylic acids is 1. The third-order valence-corrected chi connectivity index (χ3v) is 6.10. The number of halogens is 1. The number of hydrogen-bond donors (Lipinski definition) is 1. The Morgan fingerprint density at radius 3 is 2.43 bits per heavy atom. The van der Waals surface area contributed by atoms with Gasteiger partial charge in [0.2, 0.25) is 0 Å². The van der Waals surface area contributed by atoms with Gasteiger partial charge in [0.25, 0.3) is 5.91 Å². The van der Waals surface area contributed by atoms with Crippen molar-refractivity contribution in [3.8, 4) is 5.75 Å². The number of nitrogens with zero attached hydrogens (tertiary/aromatic N) is 1. The van der Waals surface area contributed by atoms with E-state index in [1.165, 1.54) is 18.1 Å². The summed E-state index contributed by atoms with van der Waals surface area (Å²) in [4.78, 5) is 15.1. The standard InChI is InChI=1S/C23H27FN2O2/c1-28-20-11-9-16(10-12-20)15-26-18-5-4-6-19(26)14-17(13-18)25-23(27)21-7-2-3-8-22(21)24/h2-3,7-12,17-19H,4-6,13-15H2,1H3,(H,25,27)/t17?,18-,19+. The van der Waals surface area contributed by atoms with Gasteiger partial charge >= 0.3 is 0 Å². The predicted molar refractivity (Wildman–Crippen MR) is 107 cm³/mol. The van der Waals surface area contributed by atoms with Gasteiger partial charge in [0.1, 0.15) is 11.6 Å². The summed E-state index contributed by atoms with van der Waals surface area (Å²) in [7, 11) is 1.68. The van der Waals surface area contributed by atoms with Crippen molar-refractivity contribution in [2.75, 3.05) is 7.11 Å². The fourth-order valence-corrected chi connectivity index (χ4v) is 4.70. The fraction of sp³-hybridized carbons (Fsp3) is 0.435. The highest BCUT2D eigenvalue weighted by molar-refractivity contribution is 5.94. The number of piperidine rings is 2. The quantitative estimate of drug-likeness (QED) is 0.845. The molecule has 2 bridgehead atoms. The Kier molecular flexibility index (Phi) is 5.62. The number of carbonyl (C=O) groups is 1. The van der Waals surface area contributed by atoms with E-state index < -0.39 is 5.82 Å². The molecule has 4 nitrogen and oxygen atoms in total. The van der Waals surface area contributed by atoms with Crippen LogP contribution >= 0.6 is 0 Å². The van der Waals surface area contributed by atoms with Crippen LogP contribution in [0.15, 0.2) is 48.5 Å². The zero-order valence-electron chi connectivity index (χ0n) is 16.2. The smallest absolute Gasteiger partial charge is 0.254 e. The normalized spacial score (nSPS) is 24.6. The largest absolute Gasteiger partial charge is 0.497 e. The van der Waals surface area contributed by atoms with Crippen LogP contribution in [-0.2, 0) is 6.54 Å². The minimum atomic E-state index is -0.461. The molecular formula is C23H27FN2O2. The molecule has 0 radical (unpaired) electrons. The number of ether oxygens (including phenoxy) is 1. The van der Waals surface area contributed by atoms with Crippen LogP contribution in [0.3, 0.4) is 0 Å². The molecule has 2 aliphatic heterocycles. The van der Waals surface area contributed by atoms with Crippen LogP contribution in [0.5, 0.6) is 5.75 Å². The van der Waals surface area contributed by atoms with E-state index in [0.29, 0.717) is 12.1 Å². The van der Waals surface area contributed by atoms with Gasteiger partial charge < -0.3 is 10.1 Å². The van der Waals surface area contributed by atoms with Gasteiger partial charge in [-0.3, -0.25) is 9.69 Å². The molecule has 3 atom stereocenters. The summed E-state index contributed by atoms with van der Waals surface area (Å²) in [6.45, 7) is 0.924. The van der Waals surface area contributed by atoms with Gasteiger partial charge in [-0.2, -0.15) is 0 Å². The summed E-state index contributed by atoms with van der Waals surface area (Å²) in [5.74, 6) is 0.112. The first-order chi connectivity index (χ1) is 13.6. The maximum atomic E-state index is 13.9. The third-order valence-electron chi connectivity index (χ3n) is 6.10. The van der Waals surface area contributed by atoms with Crippen molar-refractivity contribution in [2.45, 2.75) is 56.8 Å². The fourth-order valence-electron chi connectivity index (χ4n) is 4.70. The van der Waals surface area contributed by atoms with Crippen LogP contribution in [0, 0.1) is 5.82 Å². The summed E-state index contributed by atoms with van der Waals surface area (Å²) in [6, 6.07) is 15.5. The first kappa shape index (κ1) is 18.9. The second-order valence-electron chi connectivity index (χ2n) is 7.88. The summed E-state index contributed by atoms with van der Waals surface area (Å²) < 4.78 is 19.2. The minimum absolute atomic E-state index is 0.106. The predicted octanol–water partition coefficient (Wildman–Crippen LogP) is 4.15. The summed E-state index contributed by atoms with van der Waals surface area (Å²) in [5, 5.41) is 3.08. The summed E-state index contributed by atoms with van der Waals surface area (Å²) >= 11 is 0. The van der Waals surface area contributed by atoms with Crippen molar-refractivity contribution in [1.82, 2.24) is 10.2 Å². The van der Waals surface area contributed by atoms with E-state index in [1.807, 2.05) is 12.1 Å². The Morgan fingerprint density at radius 2 is 1.79 bits per heavy atom. The van der Waals surface area contributed by atoms with Gasteiger partial charge in [-0.25, -0.2) is 4.39 Å². The van der Waals surface area contributed by atoms with E-state index in [1.54, 1.807) is 25.3 Å².